The molecule has 0 fully saturated rings. The Labute approximate surface area is 152 Å². The number of hydrogen-bond acceptors (Lipinski definition) is 4. The second-order valence-corrected chi connectivity index (χ2v) is 5.76. The van der Waals surface area contributed by atoms with Gasteiger partial charge in [-0.15, -0.1) is 0 Å². The third kappa shape index (κ3) is 51.9. The Balaban J connectivity index is -0.000000503. The number of unbranched alkanes of at least 4 members (excludes halogenated alkanes) is 8. The van der Waals surface area contributed by atoms with Crippen molar-refractivity contribution in [3.8, 4) is 0 Å². The molecule has 150 valence electrons. The molecule has 7 heteroatoms. The number of carboxylic acid groups (broad SMARTS) is 2. The average Bonchev–Trinajstić information content (AvgIpc) is 2.50. The lowest BCUT2D eigenvalue weighted by Crippen LogP contribution is -2.28. The maximum absolute atomic E-state index is 11.2. The van der Waals surface area contributed by atoms with E-state index in [0.29, 0.717) is 19.5 Å². The van der Waals surface area contributed by atoms with E-state index in [0.717, 1.165) is 20.3 Å². The summed E-state index contributed by atoms with van der Waals surface area (Å²) in [5.74, 6) is -1.52. The molecule has 25 heavy (non-hydrogen) atoms. The highest BCUT2D eigenvalue weighted by Crippen LogP contribution is 2.10. The van der Waals surface area contributed by atoms with Crippen LogP contribution in [0.25, 0.3) is 0 Å². The minimum atomic E-state index is -0.833. The highest BCUT2D eigenvalue weighted by Gasteiger charge is 1.99. The van der Waals surface area contributed by atoms with Crippen LogP contribution in [-0.2, 0) is 14.4 Å². The zero-order chi connectivity index (χ0) is 19.9. The Morgan fingerprint density at radius 2 is 1.16 bits per heavy atom. The molecule has 0 spiro atoms. The van der Waals surface area contributed by atoms with E-state index in [1.807, 2.05) is 0 Å². The van der Waals surface area contributed by atoms with E-state index in [4.69, 9.17) is 25.5 Å². The fourth-order valence-corrected chi connectivity index (χ4v) is 1.90. The van der Waals surface area contributed by atoms with Gasteiger partial charge in [0.15, 0.2) is 0 Å². The molecule has 0 rings (SSSR count). The number of carbonyl (C=O) groups excluding carboxylic acids is 1. The summed E-state index contributed by atoms with van der Waals surface area (Å²) in [6.07, 6.45) is 12.3. The molecule has 5 N–H and O–H groups in total. The number of amides is 1. The first-order valence-electron chi connectivity index (χ1n) is 9.13. The van der Waals surface area contributed by atoms with Crippen molar-refractivity contribution in [1.29, 1.82) is 0 Å². The first-order valence-corrected chi connectivity index (χ1v) is 9.13. The smallest absolute Gasteiger partial charge is 0.300 e. The molecule has 0 bridgehead atoms. The number of aliphatic carboxylic acids is 2. The van der Waals surface area contributed by atoms with Crippen LogP contribution in [0.4, 0.5) is 0 Å². The summed E-state index contributed by atoms with van der Waals surface area (Å²) in [5, 5.41) is 17.6. The molecule has 1 amide bonds. The number of rotatable bonds is 12. The highest BCUT2D eigenvalue weighted by molar-refractivity contribution is 5.75. The van der Waals surface area contributed by atoms with E-state index in [1.165, 1.54) is 51.4 Å². The van der Waals surface area contributed by atoms with Gasteiger partial charge in [0, 0.05) is 33.4 Å². The summed E-state index contributed by atoms with van der Waals surface area (Å²) in [6.45, 7) is 5.55. The molecule has 0 aliphatic carbocycles. The van der Waals surface area contributed by atoms with Crippen molar-refractivity contribution in [3.05, 3.63) is 0 Å². The van der Waals surface area contributed by atoms with Gasteiger partial charge in [0.25, 0.3) is 11.9 Å². The van der Waals surface area contributed by atoms with Crippen LogP contribution in [-0.4, -0.2) is 41.1 Å². The van der Waals surface area contributed by atoms with Crippen LogP contribution in [0.15, 0.2) is 0 Å². The first kappa shape index (κ1) is 28.2. The van der Waals surface area contributed by atoms with Crippen molar-refractivity contribution < 1.29 is 24.6 Å². The van der Waals surface area contributed by atoms with Crippen LogP contribution >= 0.6 is 0 Å². The topological polar surface area (TPSA) is 130 Å². The van der Waals surface area contributed by atoms with Crippen LogP contribution in [0, 0.1) is 0 Å². The fraction of sp³-hybridized carbons (Fsp3) is 0.833. The SMILES string of the molecule is CC(=O)O.CC(=O)O.CCCCCCCCCCCC(=O)NCCN. The van der Waals surface area contributed by atoms with Crippen LogP contribution in [0.1, 0.15) is 85.0 Å². The van der Waals surface area contributed by atoms with E-state index >= 15 is 0 Å². The van der Waals surface area contributed by atoms with Gasteiger partial charge < -0.3 is 21.3 Å². The summed E-state index contributed by atoms with van der Waals surface area (Å²) in [7, 11) is 0. The van der Waals surface area contributed by atoms with Gasteiger partial charge in [-0.2, -0.15) is 0 Å². The fourth-order valence-electron chi connectivity index (χ4n) is 1.90. The average molecular weight is 363 g/mol. The largest absolute Gasteiger partial charge is 0.481 e. The molecule has 0 unspecified atom stereocenters. The van der Waals surface area contributed by atoms with E-state index < -0.39 is 11.9 Å². The third-order valence-corrected chi connectivity index (χ3v) is 2.97. The first-order chi connectivity index (χ1) is 11.8. The zero-order valence-electron chi connectivity index (χ0n) is 16.2. The summed E-state index contributed by atoms with van der Waals surface area (Å²) in [4.78, 5) is 29.2. The molecule has 0 aliphatic rings. The Hall–Kier alpha value is -1.63. The van der Waals surface area contributed by atoms with Crippen molar-refractivity contribution in [2.75, 3.05) is 13.1 Å². The lowest BCUT2D eigenvalue weighted by Gasteiger charge is -2.03. The van der Waals surface area contributed by atoms with Crippen molar-refractivity contribution in [2.24, 2.45) is 5.73 Å². The lowest BCUT2D eigenvalue weighted by atomic mass is 10.1. The Bertz CT molecular complexity index is 303. The predicted molar refractivity (Wildman–Crippen MR) is 101 cm³/mol. The van der Waals surface area contributed by atoms with E-state index in [9.17, 15) is 4.79 Å². The van der Waals surface area contributed by atoms with Crippen LogP contribution in [0.5, 0.6) is 0 Å². The molecule has 0 atom stereocenters. The predicted octanol–water partition coefficient (Wildman–Crippen LogP) is 3.16. The molecular weight excluding hydrogens is 324 g/mol. The highest BCUT2D eigenvalue weighted by atomic mass is 16.4. The van der Waals surface area contributed by atoms with E-state index in [-0.39, 0.29) is 5.91 Å². The molecule has 0 aromatic rings. The summed E-state index contributed by atoms with van der Waals surface area (Å²) >= 11 is 0. The number of carboxylic acids is 2. The van der Waals surface area contributed by atoms with E-state index in [2.05, 4.69) is 12.2 Å². The number of nitrogens with one attached hydrogen (secondary N) is 1. The molecule has 0 saturated heterocycles. The van der Waals surface area contributed by atoms with Gasteiger partial charge in [0.2, 0.25) is 5.91 Å². The Morgan fingerprint density at radius 3 is 1.52 bits per heavy atom. The summed E-state index contributed by atoms with van der Waals surface area (Å²) in [6, 6.07) is 0. The second-order valence-electron chi connectivity index (χ2n) is 5.76. The minimum absolute atomic E-state index is 0.151. The monoisotopic (exact) mass is 362 g/mol. The molecule has 0 saturated carbocycles. The molecular formula is C18H38N2O5. The zero-order valence-corrected chi connectivity index (χ0v) is 16.2. The van der Waals surface area contributed by atoms with Crippen molar-refractivity contribution in [2.45, 2.75) is 85.0 Å². The lowest BCUT2D eigenvalue weighted by molar-refractivity contribution is -0.135. The summed E-state index contributed by atoms with van der Waals surface area (Å²) < 4.78 is 0. The van der Waals surface area contributed by atoms with Gasteiger partial charge in [-0.05, 0) is 6.42 Å². The molecule has 0 aromatic heterocycles. The Morgan fingerprint density at radius 1 is 0.800 bits per heavy atom. The van der Waals surface area contributed by atoms with Gasteiger partial charge in [-0.1, -0.05) is 58.3 Å². The summed E-state index contributed by atoms with van der Waals surface area (Å²) in [5.41, 5.74) is 5.31. The van der Waals surface area contributed by atoms with Gasteiger partial charge in [-0.25, -0.2) is 0 Å². The molecule has 0 aromatic carbocycles. The Kier molecular flexibility index (Phi) is 27.8. The number of nitrogens with two attached hydrogens (primary N) is 1. The number of hydrogen-bond donors (Lipinski definition) is 4. The molecule has 0 heterocycles. The van der Waals surface area contributed by atoms with Crippen LogP contribution in [0.3, 0.4) is 0 Å². The van der Waals surface area contributed by atoms with Crippen LogP contribution in [0.2, 0.25) is 0 Å². The minimum Gasteiger partial charge on any atom is -0.481 e. The quantitative estimate of drug-likeness (QED) is 0.395. The maximum atomic E-state index is 11.2. The number of carbonyl (C=O) groups is 3. The molecule has 7 nitrogen and oxygen atoms in total. The second kappa shape index (κ2) is 24.6. The van der Waals surface area contributed by atoms with Crippen molar-refractivity contribution in [1.82, 2.24) is 5.32 Å². The van der Waals surface area contributed by atoms with E-state index in [1.54, 1.807) is 0 Å². The van der Waals surface area contributed by atoms with Crippen molar-refractivity contribution in [3.63, 3.8) is 0 Å². The molecule has 0 aliphatic heterocycles. The normalized spacial score (nSPS) is 9.12. The van der Waals surface area contributed by atoms with Gasteiger partial charge in [-0.3, -0.25) is 14.4 Å². The third-order valence-electron chi connectivity index (χ3n) is 2.97. The van der Waals surface area contributed by atoms with Gasteiger partial charge >= 0.3 is 0 Å². The van der Waals surface area contributed by atoms with Crippen LogP contribution < -0.4 is 11.1 Å². The standard InChI is InChI=1S/C14H30N2O.2C2H4O2/c1-2-3-4-5-6-7-8-9-10-11-14(17)16-13-12-15;2*1-2(3)4/h2-13,15H2,1H3,(H,16,17);2*1H3,(H,3,4). The molecule has 0 radical (unpaired) electrons. The van der Waals surface area contributed by atoms with Crippen molar-refractivity contribution >= 4 is 17.8 Å². The van der Waals surface area contributed by atoms with Gasteiger partial charge in [0.1, 0.15) is 0 Å². The van der Waals surface area contributed by atoms with Gasteiger partial charge in [0.05, 0.1) is 0 Å². The maximum Gasteiger partial charge on any atom is 0.300 e.